The SMILES string of the molecule is C[C@@H](NC(=O)CNc1cccc([N+](=O)[O-])c1)[C@@H](c1ccccc1)[NH+]1CCOCC1. The zero-order chi connectivity index (χ0) is 20.6. The Balaban J connectivity index is 1.62. The standard InChI is InChI=1S/C21H26N4O4/c1-16(21(17-6-3-2-4-7-17)24-10-12-29-13-11-24)23-20(26)15-22-18-8-5-9-19(14-18)25(27)28/h2-9,14,16,21-22H,10-13,15H2,1H3,(H,23,26)/p+1/t16-,21+/m1/s1. The lowest BCUT2D eigenvalue weighted by molar-refractivity contribution is -0.940. The third-order valence-corrected chi connectivity index (χ3v) is 5.13. The summed E-state index contributed by atoms with van der Waals surface area (Å²) in [6.45, 7) is 5.29. The van der Waals surface area contributed by atoms with E-state index in [1.54, 1.807) is 12.1 Å². The van der Waals surface area contributed by atoms with Gasteiger partial charge in [-0.25, -0.2) is 0 Å². The molecule has 1 fully saturated rings. The molecule has 3 rings (SSSR count). The highest BCUT2D eigenvalue weighted by molar-refractivity contribution is 5.81. The van der Waals surface area contributed by atoms with E-state index in [1.807, 2.05) is 25.1 Å². The minimum atomic E-state index is -0.455. The van der Waals surface area contributed by atoms with Crippen molar-refractivity contribution in [3.8, 4) is 0 Å². The van der Waals surface area contributed by atoms with Crippen LogP contribution >= 0.6 is 0 Å². The van der Waals surface area contributed by atoms with Crippen molar-refractivity contribution in [3.05, 3.63) is 70.3 Å². The number of hydrogen-bond donors (Lipinski definition) is 3. The molecule has 2 aromatic rings. The Bertz CT molecular complexity index is 824. The number of nitrogens with one attached hydrogen (secondary N) is 3. The number of carbonyl (C=O) groups excluding carboxylic acids is 1. The molecule has 0 spiro atoms. The van der Waals surface area contributed by atoms with Gasteiger partial charge in [0.05, 0.1) is 30.7 Å². The Morgan fingerprint density at radius 3 is 2.59 bits per heavy atom. The van der Waals surface area contributed by atoms with Gasteiger partial charge in [0.25, 0.3) is 5.69 Å². The summed E-state index contributed by atoms with van der Waals surface area (Å²) in [6, 6.07) is 16.4. The number of anilines is 1. The quantitative estimate of drug-likeness (QED) is 0.457. The molecule has 29 heavy (non-hydrogen) atoms. The summed E-state index contributed by atoms with van der Waals surface area (Å²) >= 11 is 0. The number of ether oxygens (including phenoxy) is 1. The van der Waals surface area contributed by atoms with Crippen molar-refractivity contribution in [2.45, 2.75) is 19.0 Å². The maximum atomic E-state index is 12.5. The van der Waals surface area contributed by atoms with Crippen molar-refractivity contribution >= 4 is 17.3 Å². The van der Waals surface area contributed by atoms with Crippen molar-refractivity contribution in [1.82, 2.24) is 5.32 Å². The van der Waals surface area contributed by atoms with Crippen molar-refractivity contribution < 1.29 is 19.4 Å². The fourth-order valence-electron chi connectivity index (χ4n) is 3.78. The van der Waals surface area contributed by atoms with Crippen LogP contribution in [0.25, 0.3) is 0 Å². The van der Waals surface area contributed by atoms with E-state index in [-0.39, 0.29) is 30.2 Å². The van der Waals surface area contributed by atoms with Crippen molar-refractivity contribution in [1.29, 1.82) is 0 Å². The fraction of sp³-hybridized carbons (Fsp3) is 0.381. The smallest absolute Gasteiger partial charge is 0.271 e. The predicted octanol–water partition coefficient (Wildman–Crippen LogP) is 1.17. The van der Waals surface area contributed by atoms with Crippen LogP contribution in [0.4, 0.5) is 11.4 Å². The van der Waals surface area contributed by atoms with Gasteiger partial charge in [0.2, 0.25) is 5.91 Å². The van der Waals surface area contributed by atoms with Gasteiger partial charge in [-0.1, -0.05) is 36.4 Å². The number of amides is 1. The molecular formula is C21H27N4O4+. The molecule has 1 aliphatic rings. The third-order valence-electron chi connectivity index (χ3n) is 5.13. The number of non-ortho nitro benzene ring substituents is 1. The molecule has 154 valence electrons. The van der Waals surface area contributed by atoms with E-state index in [1.165, 1.54) is 22.6 Å². The normalized spacial score (nSPS) is 16.6. The molecule has 0 unspecified atom stereocenters. The second kappa shape index (κ2) is 9.99. The topological polar surface area (TPSA) is 97.9 Å². The zero-order valence-corrected chi connectivity index (χ0v) is 16.5. The molecule has 0 aromatic heterocycles. The van der Waals surface area contributed by atoms with Crippen LogP contribution in [-0.4, -0.2) is 49.7 Å². The molecule has 1 aliphatic heterocycles. The molecule has 0 aliphatic carbocycles. The Morgan fingerprint density at radius 2 is 1.90 bits per heavy atom. The summed E-state index contributed by atoms with van der Waals surface area (Å²) in [7, 11) is 0. The first-order valence-electron chi connectivity index (χ1n) is 9.79. The number of nitrogens with zero attached hydrogens (tertiary/aromatic N) is 1. The minimum Gasteiger partial charge on any atom is -0.376 e. The number of nitro groups is 1. The van der Waals surface area contributed by atoms with Crippen LogP contribution in [-0.2, 0) is 9.53 Å². The molecule has 1 amide bonds. The Hall–Kier alpha value is -2.97. The summed E-state index contributed by atoms with van der Waals surface area (Å²) in [5.41, 5.74) is 1.72. The largest absolute Gasteiger partial charge is 0.376 e. The van der Waals surface area contributed by atoms with Gasteiger partial charge < -0.3 is 20.3 Å². The molecule has 2 atom stereocenters. The van der Waals surface area contributed by atoms with E-state index >= 15 is 0 Å². The predicted molar refractivity (Wildman–Crippen MR) is 110 cm³/mol. The lowest BCUT2D eigenvalue weighted by atomic mass is 9.98. The summed E-state index contributed by atoms with van der Waals surface area (Å²) in [5.74, 6) is -0.155. The molecule has 2 aromatic carbocycles. The van der Waals surface area contributed by atoms with E-state index in [0.717, 1.165) is 13.1 Å². The van der Waals surface area contributed by atoms with Crippen molar-refractivity contribution in [3.63, 3.8) is 0 Å². The zero-order valence-electron chi connectivity index (χ0n) is 16.5. The second-order valence-electron chi connectivity index (χ2n) is 7.18. The van der Waals surface area contributed by atoms with E-state index in [4.69, 9.17) is 4.74 Å². The first kappa shape index (κ1) is 20.8. The number of benzene rings is 2. The second-order valence-corrected chi connectivity index (χ2v) is 7.18. The van der Waals surface area contributed by atoms with E-state index in [9.17, 15) is 14.9 Å². The van der Waals surface area contributed by atoms with Crippen LogP contribution < -0.4 is 15.5 Å². The average molecular weight is 399 g/mol. The molecule has 8 heteroatoms. The van der Waals surface area contributed by atoms with Gasteiger partial charge in [0, 0.05) is 23.4 Å². The number of rotatable bonds is 8. The summed E-state index contributed by atoms with van der Waals surface area (Å²) < 4.78 is 5.49. The van der Waals surface area contributed by atoms with Gasteiger partial charge in [0.15, 0.2) is 0 Å². The number of morpholine rings is 1. The van der Waals surface area contributed by atoms with E-state index in [2.05, 4.69) is 22.8 Å². The van der Waals surface area contributed by atoms with Crippen LogP contribution in [0, 0.1) is 10.1 Å². The highest BCUT2D eigenvalue weighted by Crippen LogP contribution is 2.17. The van der Waals surface area contributed by atoms with Crippen molar-refractivity contribution in [2.75, 3.05) is 38.2 Å². The molecular weight excluding hydrogens is 372 g/mol. The molecule has 0 radical (unpaired) electrons. The highest BCUT2D eigenvalue weighted by Gasteiger charge is 2.32. The molecule has 1 heterocycles. The number of carbonyl (C=O) groups is 1. The molecule has 8 nitrogen and oxygen atoms in total. The van der Waals surface area contributed by atoms with Crippen molar-refractivity contribution in [2.24, 2.45) is 0 Å². The van der Waals surface area contributed by atoms with Crippen LogP contribution in [0.2, 0.25) is 0 Å². The Labute approximate surface area is 170 Å². The van der Waals surface area contributed by atoms with Crippen LogP contribution in [0.5, 0.6) is 0 Å². The van der Waals surface area contributed by atoms with Crippen LogP contribution in [0.1, 0.15) is 18.5 Å². The number of quaternary nitrogens is 1. The minimum absolute atomic E-state index is 0.0103. The third kappa shape index (κ3) is 5.75. The Morgan fingerprint density at radius 1 is 1.17 bits per heavy atom. The molecule has 1 saturated heterocycles. The fourth-order valence-corrected chi connectivity index (χ4v) is 3.78. The number of hydrogen-bond acceptors (Lipinski definition) is 5. The van der Waals surface area contributed by atoms with Gasteiger partial charge in [-0.3, -0.25) is 14.9 Å². The molecule has 0 saturated carbocycles. The average Bonchev–Trinajstić information content (AvgIpc) is 2.74. The van der Waals surface area contributed by atoms with Gasteiger partial charge in [0.1, 0.15) is 19.1 Å². The maximum absolute atomic E-state index is 12.5. The van der Waals surface area contributed by atoms with Gasteiger partial charge in [-0.2, -0.15) is 0 Å². The lowest BCUT2D eigenvalue weighted by Gasteiger charge is -2.35. The van der Waals surface area contributed by atoms with E-state index < -0.39 is 4.92 Å². The van der Waals surface area contributed by atoms with Gasteiger partial charge >= 0.3 is 0 Å². The number of nitro benzene ring substituents is 1. The first-order valence-corrected chi connectivity index (χ1v) is 9.79. The lowest BCUT2D eigenvalue weighted by Crippen LogP contribution is -3.15. The van der Waals surface area contributed by atoms with E-state index in [0.29, 0.717) is 18.9 Å². The summed E-state index contributed by atoms with van der Waals surface area (Å²) in [5, 5.41) is 16.9. The van der Waals surface area contributed by atoms with Gasteiger partial charge in [-0.05, 0) is 13.0 Å². The molecule has 0 bridgehead atoms. The summed E-state index contributed by atoms with van der Waals surface area (Å²) in [6.07, 6.45) is 0. The first-order chi connectivity index (χ1) is 14.0. The maximum Gasteiger partial charge on any atom is 0.271 e. The van der Waals surface area contributed by atoms with Gasteiger partial charge in [-0.15, -0.1) is 0 Å². The highest BCUT2D eigenvalue weighted by atomic mass is 16.6. The van der Waals surface area contributed by atoms with Crippen LogP contribution in [0.15, 0.2) is 54.6 Å². The van der Waals surface area contributed by atoms with Crippen LogP contribution in [0.3, 0.4) is 0 Å². The monoisotopic (exact) mass is 399 g/mol. The Kier molecular flexibility index (Phi) is 7.15. The molecule has 3 N–H and O–H groups in total. The summed E-state index contributed by atoms with van der Waals surface area (Å²) in [4.78, 5) is 24.3.